The molecule has 3 saturated carbocycles. The van der Waals surface area contributed by atoms with Crippen LogP contribution in [0.3, 0.4) is 0 Å². The van der Waals surface area contributed by atoms with Crippen molar-refractivity contribution in [2.75, 3.05) is 13.2 Å². The van der Waals surface area contributed by atoms with Crippen molar-refractivity contribution in [1.29, 1.82) is 0 Å². The van der Waals surface area contributed by atoms with Gasteiger partial charge in [0.25, 0.3) is 0 Å². The summed E-state index contributed by atoms with van der Waals surface area (Å²) in [5.74, 6) is 1.77. The number of rotatable bonds is 5. The van der Waals surface area contributed by atoms with Crippen LogP contribution in [0.15, 0.2) is 0 Å². The predicted molar refractivity (Wildman–Crippen MR) is 97.2 cm³/mol. The number of aliphatic hydroxyl groups is 2. The Labute approximate surface area is 156 Å². The summed E-state index contributed by atoms with van der Waals surface area (Å²) < 4.78 is 5.46. The van der Waals surface area contributed by atoms with E-state index in [-0.39, 0.29) is 35.9 Å². The molecule has 0 aromatic rings. The van der Waals surface area contributed by atoms with Gasteiger partial charge in [0.05, 0.1) is 12.7 Å². The molecule has 3 aliphatic carbocycles. The number of fused-ring (bicyclic) bond motifs is 1. The molecule has 0 radical (unpaired) electrons. The Bertz CT molecular complexity index is 532. The molecule has 3 rings (SSSR count). The Morgan fingerprint density at radius 3 is 2.69 bits per heavy atom. The van der Waals surface area contributed by atoms with E-state index in [9.17, 15) is 19.8 Å². The number of ketones is 1. The Kier molecular flexibility index (Phi) is 6.07. The van der Waals surface area contributed by atoms with Gasteiger partial charge in [0.15, 0.2) is 0 Å². The molecular formula is C21H34O5. The summed E-state index contributed by atoms with van der Waals surface area (Å²) in [4.78, 5) is 24.0. The molecule has 7 atom stereocenters. The predicted octanol–water partition coefficient (Wildman–Crippen LogP) is 2.72. The first-order valence-corrected chi connectivity index (χ1v) is 10.3. The Morgan fingerprint density at radius 2 is 2.00 bits per heavy atom. The van der Waals surface area contributed by atoms with Gasteiger partial charge in [-0.25, -0.2) is 0 Å². The fourth-order valence-electron chi connectivity index (χ4n) is 6.40. The molecule has 3 fully saturated rings. The van der Waals surface area contributed by atoms with Crippen LogP contribution >= 0.6 is 0 Å². The lowest BCUT2D eigenvalue weighted by Crippen LogP contribution is -2.48. The molecule has 5 heteroatoms. The van der Waals surface area contributed by atoms with Crippen molar-refractivity contribution >= 4 is 11.8 Å². The monoisotopic (exact) mass is 366 g/mol. The summed E-state index contributed by atoms with van der Waals surface area (Å²) in [6.07, 6.45) is 6.43. The molecule has 2 N–H and O–H groups in total. The molecule has 0 spiro atoms. The molecule has 0 saturated heterocycles. The number of aliphatic hydroxyl groups excluding tert-OH is 2. The fourth-order valence-corrected chi connectivity index (χ4v) is 6.40. The number of hydrogen-bond donors (Lipinski definition) is 2. The summed E-state index contributed by atoms with van der Waals surface area (Å²) in [6.45, 7) is 4.11. The van der Waals surface area contributed by atoms with E-state index >= 15 is 0 Å². The van der Waals surface area contributed by atoms with Crippen LogP contribution in [0.1, 0.15) is 65.2 Å². The van der Waals surface area contributed by atoms with Crippen molar-refractivity contribution in [2.24, 2.45) is 35.0 Å². The second-order valence-corrected chi connectivity index (χ2v) is 9.06. The van der Waals surface area contributed by atoms with Crippen LogP contribution in [0.25, 0.3) is 0 Å². The van der Waals surface area contributed by atoms with Gasteiger partial charge in [0, 0.05) is 25.4 Å². The first-order valence-electron chi connectivity index (χ1n) is 10.3. The highest BCUT2D eigenvalue weighted by Gasteiger charge is 2.55. The molecule has 26 heavy (non-hydrogen) atoms. The lowest BCUT2D eigenvalue weighted by Gasteiger charge is -2.50. The smallest absolute Gasteiger partial charge is 0.302 e. The average molecular weight is 366 g/mol. The normalized spacial score (nSPS) is 43.2. The van der Waals surface area contributed by atoms with Gasteiger partial charge in [0.1, 0.15) is 5.78 Å². The maximum Gasteiger partial charge on any atom is 0.302 e. The standard InChI is InChI=1S/C21H34O5/c1-13(23)26-12-18-17(7-9-21(2)19(18)5-6-20(21)25)16-4-3-15(24)11-14(16)8-10-22/h14-19,22,24H,3-12H2,1-2H3/t14-,15-,16+,17+,18+,19-,21-/m0/s1. The van der Waals surface area contributed by atoms with E-state index in [1.807, 2.05) is 0 Å². The average Bonchev–Trinajstić information content (AvgIpc) is 2.89. The second-order valence-electron chi connectivity index (χ2n) is 9.06. The van der Waals surface area contributed by atoms with Gasteiger partial charge in [-0.05, 0) is 74.5 Å². The number of Topliss-reactive ketones (excluding diaryl/α,β-unsaturated/α-hetero) is 1. The van der Waals surface area contributed by atoms with Crippen molar-refractivity contribution in [2.45, 2.75) is 71.3 Å². The first-order chi connectivity index (χ1) is 12.4. The van der Waals surface area contributed by atoms with E-state index < -0.39 is 0 Å². The molecule has 0 aliphatic heterocycles. The van der Waals surface area contributed by atoms with E-state index in [0.29, 0.717) is 36.6 Å². The molecule has 0 unspecified atom stereocenters. The molecular weight excluding hydrogens is 332 g/mol. The summed E-state index contributed by atoms with van der Waals surface area (Å²) in [6, 6.07) is 0. The van der Waals surface area contributed by atoms with Crippen molar-refractivity contribution in [3.63, 3.8) is 0 Å². The van der Waals surface area contributed by atoms with E-state index in [1.165, 1.54) is 6.92 Å². The summed E-state index contributed by atoms with van der Waals surface area (Å²) in [5.41, 5.74) is -0.262. The largest absolute Gasteiger partial charge is 0.466 e. The van der Waals surface area contributed by atoms with Crippen LogP contribution in [0.2, 0.25) is 0 Å². The van der Waals surface area contributed by atoms with E-state index in [1.54, 1.807) is 0 Å². The number of hydrogen-bond acceptors (Lipinski definition) is 5. The summed E-state index contributed by atoms with van der Waals surface area (Å²) in [7, 11) is 0. The second kappa shape index (κ2) is 7.97. The van der Waals surface area contributed by atoms with Crippen molar-refractivity contribution in [1.82, 2.24) is 0 Å². The third-order valence-corrected chi connectivity index (χ3v) is 7.74. The third kappa shape index (κ3) is 3.70. The topological polar surface area (TPSA) is 83.8 Å². The van der Waals surface area contributed by atoms with Crippen molar-refractivity contribution in [3.8, 4) is 0 Å². The minimum Gasteiger partial charge on any atom is -0.466 e. The van der Waals surface area contributed by atoms with Crippen LogP contribution in [0.5, 0.6) is 0 Å². The number of ether oxygens (including phenoxy) is 1. The first kappa shape index (κ1) is 19.8. The quantitative estimate of drug-likeness (QED) is 0.731. The summed E-state index contributed by atoms with van der Waals surface area (Å²) >= 11 is 0. The molecule has 5 nitrogen and oxygen atoms in total. The van der Waals surface area contributed by atoms with Gasteiger partial charge in [-0.3, -0.25) is 9.59 Å². The lowest BCUT2D eigenvalue weighted by atomic mass is 9.54. The van der Waals surface area contributed by atoms with Gasteiger partial charge in [-0.2, -0.15) is 0 Å². The summed E-state index contributed by atoms with van der Waals surface area (Å²) in [5, 5.41) is 19.6. The Balaban J connectivity index is 1.83. The van der Waals surface area contributed by atoms with Crippen LogP contribution in [0, 0.1) is 35.0 Å². The van der Waals surface area contributed by atoms with Crippen molar-refractivity contribution < 1.29 is 24.5 Å². The lowest BCUT2D eigenvalue weighted by molar-refractivity contribution is -0.148. The highest BCUT2D eigenvalue weighted by atomic mass is 16.5. The minimum absolute atomic E-state index is 0.148. The van der Waals surface area contributed by atoms with Gasteiger partial charge in [0.2, 0.25) is 0 Å². The highest BCUT2D eigenvalue weighted by molar-refractivity contribution is 5.87. The number of carbonyl (C=O) groups excluding carboxylic acids is 2. The fraction of sp³-hybridized carbons (Fsp3) is 0.905. The van der Waals surface area contributed by atoms with E-state index in [0.717, 1.165) is 44.9 Å². The molecule has 0 bridgehead atoms. The maximum atomic E-state index is 12.5. The zero-order valence-corrected chi connectivity index (χ0v) is 16.2. The molecule has 0 heterocycles. The zero-order valence-electron chi connectivity index (χ0n) is 16.2. The third-order valence-electron chi connectivity index (χ3n) is 7.74. The SMILES string of the molecule is CC(=O)OC[C@@H]1[C@@H]([C@@H]2CC[C@H](O)C[C@@H]2CCO)CC[C@]2(C)C(=O)CC[C@@H]12. The zero-order chi connectivity index (χ0) is 18.9. The number of esters is 1. The van der Waals surface area contributed by atoms with Gasteiger partial charge < -0.3 is 14.9 Å². The van der Waals surface area contributed by atoms with Crippen LogP contribution in [0.4, 0.5) is 0 Å². The van der Waals surface area contributed by atoms with Gasteiger partial charge >= 0.3 is 5.97 Å². The highest BCUT2D eigenvalue weighted by Crippen LogP contribution is 2.57. The van der Waals surface area contributed by atoms with Crippen LogP contribution in [-0.2, 0) is 14.3 Å². The molecule has 0 amide bonds. The number of carbonyl (C=O) groups is 2. The molecule has 0 aromatic carbocycles. The van der Waals surface area contributed by atoms with Crippen LogP contribution < -0.4 is 0 Å². The van der Waals surface area contributed by atoms with Crippen molar-refractivity contribution in [3.05, 3.63) is 0 Å². The Hall–Kier alpha value is -0.940. The van der Waals surface area contributed by atoms with Gasteiger partial charge in [-0.15, -0.1) is 0 Å². The van der Waals surface area contributed by atoms with Gasteiger partial charge in [-0.1, -0.05) is 6.92 Å². The molecule has 0 aromatic heterocycles. The maximum absolute atomic E-state index is 12.5. The van der Waals surface area contributed by atoms with E-state index in [4.69, 9.17) is 4.74 Å². The van der Waals surface area contributed by atoms with E-state index in [2.05, 4.69) is 6.92 Å². The minimum atomic E-state index is -0.267. The molecule has 3 aliphatic rings. The molecule has 148 valence electrons. The van der Waals surface area contributed by atoms with Crippen LogP contribution in [-0.4, -0.2) is 41.3 Å². The Morgan fingerprint density at radius 1 is 1.23 bits per heavy atom.